The molecular weight excluding hydrogens is 362 g/mol. The average Bonchev–Trinajstić information content (AvgIpc) is 3.11. The molecule has 0 bridgehead atoms. The second-order valence-corrected chi connectivity index (χ2v) is 6.67. The van der Waals surface area contributed by atoms with Crippen LogP contribution in [0.2, 0.25) is 5.15 Å². The van der Waals surface area contributed by atoms with E-state index < -0.39 is 0 Å². The lowest BCUT2D eigenvalue weighted by Crippen LogP contribution is -2.39. The van der Waals surface area contributed by atoms with Crippen molar-refractivity contribution in [2.45, 2.75) is 19.8 Å². The van der Waals surface area contributed by atoms with E-state index in [-0.39, 0.29) is 12.5 Å². The third-order valence-electron chi connectivity index (χ3n) is 4.40. The first-order chi connectivity index (χ1) is 13.2. The van der Waals surface area contributed by atoms with Crippen LogP contribution < -0.4 is 15.5 Å². The van der Waals surface area contributed by atoms with Crippen molar-refractivity contribution in [3.8, 4) is 0 Å². The number of nitrogens with zero attached hydrogens (tertiary/aromatic N) is 3. The number of anilines is 1. The molecule has 0 saturated heterocycles. The number of guanidine groups is 1. The highest BCUT2D eigenvalue weighted by molar-refractivity contribution is 6.29. The van der Waals surface area contributed by atoms with Gasteiger partial charge in [0.15, 0.2) is 5.96 Å². The number of amides is 1. The Hall–Kier alpha value is -2.60. The van der Waals surface area contributed by atoms with Crippen LogP contribution in [0.1, 0.15) is 18.1 Å². The number of aliphatic imine (C=N–C) groups is 1. The lowest BCUT2D eigenvalue weighted by atomic mass is 10.2. The number of pyridine rings is 1. The van der Waals surface area contributed by atoms with Gasteiger partial charge >= 0.3 is 0 Å². The van der Waals surface area contributed by atoms with Gasteiger partial charge in [-0.1, -0.05) is 35.9 Å². The first kappa shape index (κ1) is 19.2. The molecule has 27 heavy (non-hydrogen) atoms. The van der Waals surface area contributed by atoms with E-state index in [9.17, 15) is 4.79 Å². The Morgan fingerprint density at radius 3 is 2.89 bits per heavy atom. The van der Waals surface area contributed by atoms with Crippen molar-refractivity contribution in [1.29, 1.82) is 0 Å². The molecule has 0 aliphatic carbocycles. The molecule has 0 spiro atoms. The van der Waals surface area contributed by atoms with Crippen LogP contribution in [0.15, 0.2) is 47.6 Å². The van der Waals surface area contributed by atoms with Gasteiger partial charge in [-0.2, -0.15) is 0 Å². The second-order valence-electron chi connectivity index (χ2n) is 6.29. The first-order valence-electron chi connectivity index (χ1n) is 9.18. The minimum atomic E-state index is 0.0130. The summed E-state index contributed by atoms with van der Waals surface area (Å²) in [4.78, 5) is 22.9. The highest BCUT2D eigenvalue weighted by atomic mass is 35.5. The Morgan fingerprint density at radius 2 is 2.11 bits per heavy atom. The minimum absolute atomic E-state index is 0.0130. The number of fused-ring (bicyclic) bond motifs is 1. The smallest absolute Gasteiger partial charge is 0.248 e. The van der Waals surface area contributed by atoms with Gasteiger partial charge in [0.05, 0.1) is 0 Å². The van der Waals surface area contributed by atoms with E-state index in [1.54, 1.807) is 12.3 Å². The van der Waals surface area contributed by atoms with Crippen LogP contribution >= 0.6 is 11.6 Å². The number of benzene rings is 1. The summed E-state index contributed by atoms with van der Waals surface area (Å²) in [5.74, 6) is 0.652. The van der Waals surface area contributed by atoms with Crippen molar-refractivity contribution in [3.63, 3.8) is 0 Å². The molecule has 0 unspecified atom stereocenters. The third-order valence-corrected chi connectivity index (χ3v) is 4.62. The highest BCUT2D eigenvalue weighted by Crippen LogP contribution is 2.27. The number of carbonyl (C=O) groups excluding carboxylic acids is 1. The Labute approximate surface area is 164 Å². The molecule has 2 N–H and O–H groups in total. The fraction of sp³-hybridized carbons (Fsp3) is 0.350. The number of hydrogen-bond donors (Lipinski definition) is 2. The zero-order valence-electron chi connectivity index (χ0n) is 15.4. The quantitative estimate of drug-likeness (QED) is 0.455. The number of halogens is 1. The summed E-state index contributed by atoms with van der Waals surface area (Å²) in [6.07, 6.45) is 3.46. The molecule has 2 aromatic rings. The van der Waals surface area contributed by atoms with Crippen molar-refractivity contribution in [2.75, 3.05) is 31.1 Å². The van der Waals surface area contributed by atoms with Crippen molar-refractivity contribution in [3.05, 3.63) is 58.9 Å². The van der Waals surface area contributed by atoms with Crippen molar-refractivity contribution in [1.82, 2.24) is 15.6 Å². The standard InChI is InChI=1S/C20H24ClN5O/c1-2-22-20(23-11-9-15-7-8-18(21)24-13-15)25-14-19(27)26-12-10-16-5-3-4-6-17(16)26/h3-8,13H,2,9-12,14H2,1H3,(H2,22,23,25). The molecule has 2 heterocycles. The first-order valence-corrected chi connectivity index (χ1v) is 9.56. The molecule has 1 aromatic carbocycles. The van der Waals surface area contributed by atoms with Crippen LogP contribution in [0.5, 0.6) is 0 Å². The maximum absolute atomic E-state index is 12.6. The van der Waals surface area contributed by atoms with Crippen molar-refractivity contribution < 1.29 is 4.79 Å². The molecule has 1 aliphatic heterocycles. The summed E-state index contributed by atoms with van der Waals surface area (Å²) < 4.78 is 0. The summed E-state index contributed by atoms with van der Waals surface area (Å²) in [5, 5.41) is 6.92. The van der Waals surface area contributed by atoms with Gasteiger partial charge in [0.25, 0.3) is 0 Å². The van der Waals surface area contributed by atoms with Gasteiger partial charge < -0.3 is 15.5 Å². The summed E-state index contributed by atoms with van der Waals surface area (Å²) in [7, 11) is 0. The SMILES string of the molecule is CCNC(=NCC(=O)N1CCc2ccccc21)NCCc1ccc(Cl)nc1. The number of para-hydroxylation sites is 1. The second kappa shape index (κ2) is 9.37. The van der Waals surface area contributed by atoms with Gasteiger partial charge in [-0.25, -0.2) is 9.98 Å². The molecule has 142 valence electrons. The number of aromatic nitrogens is 1. The summed E-state index contributed by atoms with van der Waals surface area (Å²) >= 11 is 5.80. The van der Waals surface area contributed by atoms with Gasteiger partial charge in [-0.05, 0) is 43.0 Å². The maximum Gasteiger partial charge on any atom is 0.248 e. The van der Waals surface area contributed by atoms with Gasteiger partial charge in [0, 0.05) is 31.5 Å². The molecule has 0 saturated carbocycles. The molecule has 0 fully saturated rings. The fourth-order valence-electron chi connectivity index (χ4n) is 3.05. The monoisotopic (exact) mass is 385 g/mol. The van der Waals surface area contributed by atoms with Gasteiger partial charge in [0.1, 0.15) is 11.7 Å². The van der Waals surface area contributed by atoms with Gasteiger partial charge in [0.2, 0.25) is 5.91 Å². The van der Waals surface area contributed by atoms with E-state index in [0.717, 1.165) is 37.2 Å². The van der Waals surface area contributed by atoms with Crippen molar-refractivity contribution >= 4 is 29.2 Å². The molecule has 3 rings (SSSR count). The van der Waals surface area contributed by atoms with E-state index in [2.05, 4.69) is 26.7 Å². The molecule has 0 atom stereocenters. The molecule has 1 amide bonds. The molecule has 7 heteroatoms. The van der Waals surface area contributed by atoms with Crippen LogP contribution in [0.4, 0.5) is 5.69 Å². The Balaban J connectivity index is 1.54. The van der Waals surface area contributed by atoms with E-state index >= 15 is 0 Å². The van der Waals surface area contributed by atoms with Crippen LogP contribution in [0, 0.1) is 0 Å². The number of carbonyl (C=O) groups is 1. The number of rotatable bonds is 6. The Morgan fingerprint density at radius 1 is 1.26 bits per heavy atom. The van der Waals surface area contributed by atoms with Crippen LogP contribution in [-0.4, -0.2) is 43.0 Å². The lowest BCUT2D eigenvalue weighted by Gasteiger charge is -2.17. The zero-order chi connectivity index (χ0) is 19.1. The molecule has 0 radical (unpaired) electrons. The van der Waals surface area contributed by atoms with Crippen LogP contribution in [-0.2, 0) is 17.6 Å². The molecule has 1 aromatic heterocycles. The van der Waals surface area contributed by atoms with Gasteiger partial charge in [-0.15, -0.1) is 0 Å². The highest BCUT2D eigenvalue weighted by Gasteiger charge is 2.23. The normalized spacial score (nSPS) is 13.4. The van der Waals surface area contributed by atoms with E-state index in [4.69, 9.17) is 11.6 Å². The number of nitrogens with one attached hydrogen (secondary N) is 2. The van der Waals surface area contributed by atoms with Crippen LogP contribution in [0.25, 0.3) is 0 Å². The topological polar surface area (TPSA) is 69.6 Å². The van der Waals surface area contributed by atoms with E-state index in [0.29, 0.717) is 17.7 Å². The molecule has 1 aliphatic rings. The Kier molecular flexibility index (Phi) is 6.65. The van der Waals surface area contributed by atoms with E-state index in [1.165, 1.54) is 5.56 Å². The van der Waals surface area contributed by atoms with Crippen LogP contribution in [0.3, 0.4) is 0 Å². The number of hydrogen-bond acceptors (Lipinski definition) is 3. The molecule has 6 nitrogen and oxygen atoms in total. The Bertz CT molecular complexity index is 806. The largest absolute Gasteiger partial charge is 0.357 e. The summed E-state index contributed by atoms with van der Waals surface area (Å²) in [6, 6.07) is 11.8. The average molecular weight is 386 g/mol. The summed E-state index contributed by atoms with van der Waals surface area (Å²) in [5.41, 5.74) is 3.31. The molecular formula is C20H24ClN5O. The zero-order valence-corrected chi connectivity index (χ0v) is 16.2. The fourth-order valence-corrected chi connectivity index (χ4v) is 3.16. The van der Waals surface area contributed by atoms with Gasteiger partial charge in [-0.3, -0.25) is 4.79 Å². The maximum atomic E-state index is 12.6. The predicted molar refractivity (Wildman–Crippen MR) is 109 cm³/mol. The summed E-state index contributed by atoms with van der Waals surface area (Å²) in [6.45, 7) is 4.26. The van der Waals surface area contributed by atoms with Crippen molar-refractivity contribution in [2.24, 2.45) is 4.99 Å². The van der Waals surface area contributed by atoms with E-state index in [1.807, 2.05) is 36.1 Å². The minimum Gasteiger partial charge on any atom is -0.357 e. The third kappa shape index (κ3) is 5.20. The predicted octanol–water partition coefficient (Wildman–Crippen LogP) is 2.42. The lowest BCUT2D eigenvalue weighted by molar-refractivity contribution is -0.117.